The van der Waals surface area contributed by atoms with E-state index in [9.17, 15) is 0 Å². The molecule has 0 aromatic carbocycles. The molecule has 0 aliphatic carbocycles. The van der Waals surface area contributed by atoms with Crippen molar-refractivity contribution in [3.63, 3.8) is 0 Å². The molecule has 84 valence electrons. The predicted octanol–water partition coefficient (Wildman–Crippen LogP) is 1.59. The van der Waals surface area contributed by atoms with Gasteiger partial charge in [0.15, 0.2) is 5.82 Å². The molecule has 2 rings (SSSR count). The second-order valence-corrected chi connectivity index (χ2v) is 4.58. The molecule has 2 aromatic heterocycles. The van der Waals surface area contributed by atoms with Crippen molar-refractivity contribution in [2.75, 3.05) is 10.7 Å². The number of thiazole rings is 1. The van der Waals surface area contributed by atoms with E-state index in [2.05, 4.69) is 41.6 Å². The molecule has 6 nitrogen and oxygen atoms in total. The molecule has 0 fully saturated rings. The third-order valence-electron chi connectivity index (χ3n) is 1.82. The van der Waals surface area contributed by atoms with Gasteiger partial charge in [-0.25, -0.2) is 20.8 Å². The van der Waals surface area contributed by atoms with Gasteiger partial charge in [-0.3, -0.25) is 0 Å². The van der Waals surface area contributed by atoms with Crippen molar-refractivity contribution >= 4 is 38.9 Å². The van der Waals surface area contributed by atoms with Crippen LogP contribution in [0.3, 0.4) is 0 Å². The Balaban J connectivity index is 2.09. The molecule has 0 atom stereocenters. The van der Waals surface area contributed by atoms with Crippen LogP contribution in [-0.4, -0.2) is 15.0 Å². The summed E-state index contributed by atoms with van der Waals surface area (Å²) in [6.07, 6.45) is 3.20. The van der Waals surface area contributed by atoms with Gasteiger partial charge in [0.05, 0.1) is 6.54 Å². The number of anilines is 2. The van der Waals surface area contributed by atoms with Crippen LogP contribution in [0.15, 0.2) is 22.4 Å². The lowest BCUT2D eigenvalue weighted by Gasteiger charge is -2.08. The summed E-state index contributed by atoms with van der Waals surface area (Å²) in [5, 5.41) is 6.07. The number of hydrogen-bond acceptors (Lipinski definition) is 7. The van der Waals surface area contributed by atoms with Crippen molar-refractivity contribution in [3.8, 4) is 0 Å². The highest BCUT2D eigenvalue weighted by molar-refractivity contribution is 9.10. The minimum atomic E-state index is 0.539. The summed E-state index contributed by atoms with van der Waals surface area (Å²) in [5.41, 5.74) is 2.48. The topological polar surface area (TPSA) is 88.8 Å². The second kappa shape index (κ2) is 5.19. The van der Waals surface area contributed by atoms with E-state index < -0.39 is 0 Å². The summed E-state index contributed by atoms with van der Waals surface area (Å²) in [6.45, 7) is 0.622. The standard InChI is InChI=1S/C8H9BrN6S/c9-6-7(13-4-14-8(6)15-10)12-3-5-11-1-2-16-5/h1-2,4H,3,10H2,(H2,12,13,14,15). The van der Waals surface area contributed by atoms with Crippen LogP contribution in [0.2, 0.25) is 0 Å². The fraction of sp³-hybridized carbons (Fsp3) is 0.125. The Labute approximate surface area is 104 Å². The molecule has 16 heavy (non-hydrogen) atoms. The molecule has 0 saturated carbocycles. The number of aromatic nitrogens is 3. The first-order valence-electron chi connectivity index (χ1n) is 4.40. The monoisotopic (exact) mass is 300 g/mol. The zero-order valence-corrected chi connectivity index (χ0v) is 10.5. The van der Waals surface area contributed by atoms with Crippen LogP contribution in [0.4, 0.5) is 11.6 Å². The summed E-state index contributed by atoms with van der Waals surface area (Å²) in [6, 6.07) is 0. The second-order valence-electron chi connectivity index (χ2n) is 2.81. The fourth-order valence-corrected chi connectivity index (χ4v) is 2.11. The average molecular weight is 301 g/mol. The van der Waals surface area contributed by atoms with E-state index in [-0.39, 0.29) is 0 Å². The smallest absolute Gasteiger partial charge is 0.159 e. The van der Waals surface area contributed by atoms with Gasteiger partial charge in [-0.2, -0.15) is 0 Å². The zero-order chi connectivity index (χ0) is 11.4. The Bertz CT molecular complexity index is 460. The van der Waals surface area contributed by atoms with Crippen LogP contribution in [0.5, 0.6) is 0 Å². The normalized spacial score (nSPS) is 10.1. The summed E-state index contributed by atoms with van der Waals surface area (Å²) in [4.78, 5) is 12.2. The molecular weight excluding hydrogens is 292 g/mol. The molecule has 2 aromatic rings. The first-order chi connectivity index (χ1) is 7.81. The molecule has 0 aliphatic heterocycles. The molecule has 4 N–H and O–H groups in total. The van der Waals surface area contributed by atoms with Gasteiger partial charge in [0.25, 0.3) is 0 Å². The van der Waals surface area contributed by atoms with Crippen molar-refractivity contribution in [2.24, 2.45) is 5.84 Å². The SMILES string of the molecule is NNc1ncnc(NCc2nccs2)c1Br. The van der Waals surface area contributed by atoms with Gasteiger partial charge >= 0.3 is 0 Å². The molecule has 0 bridgehead atoms. The first kappa shape index (κ1) is 11.2. The van der Waals surface area contributed by atoms with Crippen molar-refractivity contribution in [1.29, 1.82) is 0 Å². The Morgan fingerprint density at radius 3 is 2.81 bits per heavy atom. The maximum Gasteiger partial charge on any atom is 0.159 e. The van der Waals surface area contributed by atoms with E-state index >= 15 is 0 Å². The maximum absolute atomic E-state index is 5.30. The van der Waals surface area contributed by atoms with Crippen molar-refractivity contribution in [3.05, 3.63) is 27.4 Å². The minimum absolute atomic E-state index is 0.539. The predicted molar refractivity (Wildman–Crippen MR) is 67.0 cm³/mol. The lowest BCUT2D eigenvalue weighted by molar-refractivity contribution is 1.05. The van der Waals surface area contributed by atoms with Crippen LogP contribution < -0.4 is 16.6 Å². The van der Waals surface area contributed by atoms with Crippen LogP contribution in [0.25, 0.3) is 0 Å². The van der Waals surface area contributed by atoms with E-state index in [0.717, 1.165) is 5.01 Å². The van der Waals surface area contributed by atoms with Crippen LogP contribution in [-0.2, 0) is 6.54 Å². The van der Waals surface area contributed by atoms with Crippen molar-refractivity contribution in [2.45, 2.75) is 6.54 Å². The highest BCUT2D eigenvalue weighted by Crippen LogP contribution is 2.26. The van der Waals surface area contributed by atoms with Crippen molar-refractivity contribution in [1.82, 2.24) is 15.0 Å². The Morgan fingerprint density at radius 1 is 1.31 bits per heavy atom. The highest BCUT2D eigenvalue weighted by Gasteiger charge is 2.07. The lowest BCUT2D eigenvalue weighted by atomic mass is 10.5. The van der Waals surface area contributed by atoms with Gasteiger partial charge in [-0.1, -0.05) is 0 Å². The van der Waals surface area contributed by atoms with Gasteiger partial charge < -0.3 is 10.7 Å². The van der Waals surface area contributed by atoms with E-state index in [1.165, 1.54) is 6.33 Å². The highest BCUT2D eigenvalue weighted by atomic mass is 79.9. The van der Waals surface area contributed by atoms with Crippen LogP contribution in [0.1, 0.15) is 5.01 Å². The van der Waals surface area contributed by atoms with Gasteiger partial charge in [-0.15, -0.1) is 11.3 Å². The molecule has 0 unspecified atom stereocenters. The fourth-order valence-electron chi connectivity index (χ4n) is 1.09. The molecule has 0 saturated heterocycles. The number of halogens is 1. The number of nitrogens with one attached hydrogen (secondary N) is 2. The third kappa shape index (κ3) is 2.46. The van der Waals surface area contributed by atoms with E-state index in [0.29, 0.717) is 22.7 Å². The molecule has 0 spiro atoms. The molecule has 8 heteroatoms. The molecule has 0 radical (unpaired) electrons. The van der Waals surface area contributed by atoms with E-state index in [1.54, 1.807) is 17.5 Å². The number of hydrogen-bond donors (Lipinski definition) is 3. The number of nitrogens with zero attached hydrogens (tertiary/aromatic N) is 3. The summed E-state index contributed by atoms with van der Waals surface area (Å²) >= 11 is 4.94. The van der Waals surface area contributed by atoms with Gasteiger partial charge in [0, 0.05) is 11.6 Å². The minimum Gasteiger partial charge on any atom is -0.362 e. The lowest BCUT2D eigenvalue weighted by Crippen LogP contribution is -2.11. The van der Waals surface area contributed by atoms with E-state index in [1.807, 2.05) is 5.38 Å². The number of hydrazine groups is 1. The van der Waals surface area contributed by atoms with Gasteiger partial charge in [0.2, 0.25) is 0 Å². The molecular formula is C8H9BrN6S. The zero-order valence-electron chi connectivity index (χ0n) is 8.14. The Hall–Kier alpha value is -1.25. The number of rotatable bonds is 4. The number of nitrogen functional groups attached to an aromatic ring is 1. The molecule has 0 aliphatic rings. The summed E-state index contributed by atoms with van der Waals surface area (Å²) in [7, 11) is 0. The summed E-state index contributed by atoms with van der Waals surface area (Å²) < 4.78 is 0.703. The number of nitrogens with two attached hydrogens (primary N) is 1. The molecule has 2 heterocycles. The van der Waals surface area contributed by atoms with Crippen LogP contribution in [0, 0.1) is 0 Å². The third-order valence-corrected chi connectivity index (χ3v) is 3.35. The van der Waals surface area contributed by atoms with Crippen molar-refractivity contribution < 1.29 is 0 Å². The first-order valence-corrected chi connectivity index (χ1v) is 6.08. The van der Waals surface area contributed by atoms with E-state index in [4.69, 9.17) is 5.84 Å². The maximum atomic E-state index is 5.30. The quantitative estimate of drug-likeness (QED) is 0.587. The summed E-state index contributed by atoms with van der Waals surface area (Å²) in [5.74, 6) is 6.52. The Kier molecular flexibility index (Phi) is 3.65. The average Bonchev–Trinajstić information content (AvgIpc) is 2.81. The van der Waals surface area contributed by atoms with Gasteiger partial charge in [0.1, 0.15) is 21.6 Å². The van der Waals surface area contributed by atoms with Crippen LogP contribution >= 0.6 is 27.3 Å². The largest absolute Gasteiger partial charge is 0.362 e. The van der Waals surface area contributed by atoms with Gasteiger partial charge in [-0.05, 0) is 15.9 Å². The Morgan fingerprint density at radius 2 is 2.12 bits per heavy atom. The molecule has 0 amide bonds.